The van der Waals surface area contributed by atoms with Crippen molar-refractivity contribution in [3.63, 3.8) is 0 Å². The number of aromatic nitrogens is 4. The minimum absolute atomic E-state index is 0.528. The van der Waals surface area contributed by atoms with Gasteiger partial charge in [0.25, 0.3) is 0 Å². The molecule has 0 saturated carbocycles. The maximum absolute atomic E-state index is 10.6. The summed E-state index contributed by atoms with van der Waals surface area (Å²) in [6, 6.07) is 13.0. The molecule has 0 unspecified atom stereocenters. The third-order valence-electron chi connectivity index (χ3n) is 6.54. The van der Waals surface area contributed by atoms with Crippen LogP contribution in [0.15, 0.2) is 48.8 Å². The Morgan fingerprint density at radius 1 is 1.07 bits per heavy atom. The molecule has 0 amide bonds. The molecule has 1 fully saturated rings. The van der Waals surface area contributed by atoms with Crippen LogP contribution in [-0.4, -0.2) is 92.7 Å². The molecule has 0 atom stereocenters. The second kappa shape index (κ2) is 14.5. The van der Waals surface area contributed by atoms with E-state index in [-0.39, 0.29) is 0 Å². The first-order valence-electron chi connectivity index (χ1n) is 13.3. The second-order valence-corrected chi connectivity index (χ2v) is 10.7. The number of carbonyl (C=O) groups is 1. The minimum atomic E-state index is -5.08. The maximum atomic E-state index is 10.6. The molecule has 3 aromatic heterocycles. The van der Waals surface area contributed by atoms with Crippen molar-refractivity contribution in [1.29, 1.82) is 5.26 Å². The molecule has 4 heterocycles. The molecular weight excluding hydrogens is 622 g/mol. The van der Waals surface area contributed by atoms with Crippen molar-refractivity contribution in [2.24, 2.45) is 0 Å². The van der Waals surface area contributed by atoms with Crippen LogP contribution in [0.4, 0.5) is 24.9 Å². The van der Waals surface area contributed by atoms with E-state index in [2.05, 4.69) is 38.5 Å². The number of carboxylic acids is 1. The first-order valence-corrected chi connectivity index (χ1v) is 14.1. The van der Waals surface area contributed by atoms with E-state index in [1.807, 2.05) is 22.7 Å². The van der Waals surface area contributed by atoms with Crippen molar-refractivity contribution >= 4 is 46.6 Å². The molecule has 5 rings (SSSR count). The fourth-order valence-electron chi connectivity index (χ4n) is 4.24. The fourth-order valence-corrected chi connectivity index (χ4v) is 4.74. The number of fused-ring (bicyclic) bond motifs is 1. The van der Waals surface area contributed by atoms with E-state index < -0.39 is 12.1 Å². The van der Waals surface area contributed by atoms with E-state index >= 15 is 0 Å². The lowest BCUT2D eigenvalue weighted by Gasteiger charge is -2.31. The number of carboxylic acid groups (broad SMARTS) is 1. The summed E-state index contributed by atoms with van der Waals surface area (Å²) in [5.41, 5.74) is 3.83. The third-order valence-corrected chi connectivity index (χ3v) is 7.09. The molecule has 1 aliphatic rings. The smallest absolute Gasteiger partial charge is 0.475 e. The van der Waals surface area contributed by atoms with Crippen molar-refractivity contribution in [2.45, 2.75) is 12.7 Å². The summed E-state index contributed by atoms with van der Waals surface area (Å²) in [5.74, 6) is -1.38. The van der Waals surface area contributed by atoms with Crippen molar-refractivity contribution < 1.29 is 23.1 Å². The lowest BCUT2D eigenvalue weighted by molar-refractivity contribution is -0.192. The Bertz CT molecular complexity index is 1630. The van der Waals surface area contributed by atoms with Crippen LogP contribution in [0.1, 0.15) is 11.3 Å². The van der Waals surface area contributed by atoms with Crippen LogP contribution in [-0.2, 0) is 11.3 Å². The quantitative estimate of drug-likeness (QED) is 0.227. The van der Waals surface area contributed by atoms with E-state index in [4.69, 9.17) is 48.3 Å². The van der Waals surface area contributed by atoms with E-state index in [0.717, 1.165) is 55.3 Å². The number of hydrogen-bond donors (Lipinski definition) is 3. The van der Waals surface area contributed by atoms with Gasteiger partial charge in [0, 0.05) is 74.9 Å². The Morgan fingerprint density at radius 2 is 1.77 bits per heavy atom. The van der Waals surface area contributed by atoms with Gasteiger partial charge in [-0.05, 0) is 37.4 Å². The van der Waals surface area contributed by atoms with E-state index in [9.17, 15) is 13.2 Å². The summed E-state index contributed by atoms with van der Waals surface area (Å²) in [6.45, 7) is 6.15. The molecule has 232 valence electrons. The fraction of sp³-hybridized carbons (Fsp3) is 0.321. The van der Waals surface area contributed by atoms with Crippen LogP contribution < -0.4 is 10.6 Å². The van der Waals surface area contributed by atoms with Crippen molar-refractivity contribution in [1.82, 2.24) is 29.2 Å². The molecule has 44 heavy (non-hydrogen) atoms. The number of aliphatic carboxylic acids is 1. The lowest BCUT2D eigenvalue weighted by Crippen LogP contribution is -2.43. The first kappa shape index (κ1) is 32.7. The Labute approximate surface area is 260 Å². The van der Waals surface area contributed by atoms with Crippen molar-refractivity contribution in [3.05, 3.63) is 70.1 Å². The third kappa shape index (κ3) is 8.93. The average molecular weight is 650 g/mol. The minimum Gasteiger partial charge on any atom is -0.475 e. The van der Waals surface area contributed by atoms with Gasteiger partial charge in [0.2, 0.25) is 5.95 Å². The maximum Gasteiger partial charge on any atom is 0.490 e. The molecule has 11 nitrogen and oxygen atoms in total. The molecule has 1 saturated heterocycles. The molecule has 0 aliphatic carbocycles. The number of piperazine rings is 1. The number of halogens is 5. The normalized spacial score (nSPS) is 14.0. The summed E-state index contributed by atoms with van der Waals surface area (Å²) in [4.78, 5) is 27.7. The van der Waals surface area contributed by atoms with Crippen molar-refractivity contribution in [2.75, 3.05) is 56.9 Å². The number of alkyl halides is 3. The molecule has 1 aliphatic heterocycles. The molecular formula is C28H28Cl2F3N9O2. The molecule has 1 aromatic carbocycles. The highest BCUT2D eigenvalue weighted by molar-refractivity contribution is 6.36. The lowest BCUT2D eigenvalue weighted by atomic mass is 10.1. The number of imidazole rings is 1. The number of rotatable bonds is 8. The highest BCUT2D eigenvalue weighted by Gasteiger charge is 2.38. The van der Waals surface area contributed by atoms with Gasteiger partial charge in [0.1, 0.15) is 17.5 Å². The van der Waals surface area contributed by atoms with Gasteiger partial charge in [0.15, 0.2) is 0 Å². The standard InChI is InChI=1S/C26H27Cl2N9.C2HF3O2/c1-35-8-10-36(11-9-35)16-20-17-37-25(33-20)13-23(21-4-3-19(27)12-22(21)28)34-26(37)31-7-6-30-24-5-2-18(14-29)15-32-24;3-2(4,5)1(6)7/h2-5,12-13,15,17H,6-11,16H2,1H3,(H,30,32)(H,31,34);(H,6,7). The SMILES string of the molecule is CN1CCN(Cc2cn3c(NCCNc4ccc(C#N)cn4)nc(-c4ccc(Cl)cc4Cl)cc3n2)CC1.O=C(O)C(F)(F)F. The van der Waals surface area contributed by atoms with Crippen LogP contribution in [0, 0.1) is 11.3 Å². The summed E-state index contributed by atoms with van der Waals surface area (Å²) < 4.78 is 33.7. The van der Waals surface area contributed by atoms with Gasteiger partial charge in [-0.3, -0.25) is 9.30 Å². The van der Waals surface area contributed by atoms with Gasteiger partial charge >= 0.3 is 12.1 Å². The number of likely N-dealkylation sites (N-methyl/N-ethyl adjacent to an activating group) is 1. The molecule has 0 radical (unpaired) electrons. The Balaban J connectivity index is 0.000000566. The first-order chi connectivity index (χ1) is 20.9. The molecule has 3 N–H and O–H groups in total. The van der Waals surface area contributed by atoms with E-state index in [1.165, 1.54) is 0 Å². The van der Waals surface area contributed by atoms with Gasteiger partial charge in [0.05, 0.1) is 22.0 Å². The van der Waals surface area contributed by atoms with Crippen LogP contribution in [0.3, 0.4) is 0 Å². The highest BCUT2D eigenvalue weighted by Crippen LogP contribution is 2.31. The number of nitrogens with zero attached hydrogens (tertiary/aromatic N) is 7. The van der Waals surface area contributed by atoms with Gasteiger partial charge < -0.3 is 20.6 Å². The predicted octanol–water partition coefficient (Wildman–Crippen LogP) is 4.87. The van der Waals surface area contributed by atoms with Gasteiger partial charge in [-0.1, -0.05) is 23.2 Å². The Kier molecular flexibility index (Phi) is 10.8. The van der Waals surface area contributed by atoms with E-state index in [1.54, 1.807) is 30.5 Å². The van der Waals surface area contributed by atoms with Gasteiger partial charge in [-0.15, -0.1) is 0 Å². The van der Waals surface area contributed by atoms with Gasteiger partial charge in [-0.25, -0.2) is 19.7 Å². The number of nitrogens with one attached hydrogen (secondary N) is 2. The van der Waals surface area contributed by atoms with Crippen LogP contribution in [0.2, 0.25) is 10.0 Å². The average Bonchev–Trinajstić information content (AvgIpc) is 3.39. The summed E-state index contributed by atoms with van der Waals surface area (Å²) >= 11 is 12.6. The number of anilines is 2. The highest BCUT2D eigenvalue weighted by atomic mass is 35.5. The molecule has 16 heteroatoms. The number of hydrogen-bond acceptors (Lipinski definition) is 9. The monoisotopic (exact) mass is 649 g/mol. The number of benzene rings is 1. The van der Waals surface area contributed by atoms with Crippen LogP contribution in [0.5, 0.6) is 0 Å². The van der Waals surface area contributed by atoms with Crippen molar-refractivity contribution in [3.8, 4) is 17.3 Å². The summed E-state index contributed by atoms with van der Waals surface area (Å²) in [6.07, 6.45) is -1.49. The topological polar surface area (TPSA) is 135 Å². The number of nitriles is 1. The zero-order chi connectivity index (χ0) is 31.9. The second-order valence-electron chi connectivity index (χ2n) is 9.83. The summed E-state index contributed by atoms with van der Waals surface area (Å²) in [5, 5.41) is 23.9. The molecule has 0 spiro atoms. The largest absolute Gasteiger partial charge is 0.490 e. The predicted molar refractivity (Wildman–Crippen MR) is 161 cm³/mol. The number of pyridine rings is 1. The van der Waals surface area contributed by atoms with Crippen LogP contribution in [0.25, 0.3) is 16.9 Å². The molecule has 0 bridgehead atoms. The zero-order valence-corrected chi connectivity index (χ0v) is 25.0. The summed E-state index contributed by atoms with van der Waals surface area (Å²) in [7, 11) is 2.15. The Morgan fingerprint density at radius 3 is 2.39 bits per heavy atom. The van der Waals surface area contributed by atoms with Crippen LogP contribution >= 0.6 is 23.2 Å². The molecule has 4 aromatic rings. The Hall–Kier alpha value is -4.16. The van der Waals surface area contributed by atoms with E-state index in [0.29, 0.717) is 40.5 Å². The zero-order valence-electron chi connectivity index (χ0n) is 23.4. The van der Waals surface area contributed by atoms with Gasteiger partial charge in [-0.2, -0.15) is 18.4 Å².